The molecule has 1 amide bonds. The number of para-hydroxylation sites is 1. The standard InChI is InChI=1S/C21H19N3O5/c1-27-17-5-3-2-4-15(17)16-7-9-21(26)24(23-16)13-20(25)22-14-6-8-18-19(12-14)29-11-10-28-18/h2-9,12H,10-11,13H2,1H3,(H,22,25). The maximum Gasteiger partial charge on any atom is 0.267 e. The number of rotatable bonds is 5. The lowest BCUT2D eigenvalue weighted by Crippen LogP contribution is -2.29. The predicted octanol–water partition coefficient (Wildman–Crippen LogP) is 2.33. The SMILES string of the molecule is COc1ccccc1-c1ccc(=O)n(CC(=O)Nc2ccc3c(c2)OCCO3)n1. The van der Waals surface area contributed by atoms with Crippen molar-refractivity contribution in [1.29, 1.82) is 0 Å². The minimum Gasteiger partial charge on any atom is -0.496 e. The molecule has 2 heterocycles. The molecule has 0 radical (unpaired) electrons. The molecule has 2 aromatic carbocycles. The van der Waals surface area contributed by atoms with Crippen LogP contribution in [0.5, 0.6) is 17.2 Å². The molecule has 0 fully saturated rings. The Morgan fingerprint density at radius 3 is 2.72 bits per heavy atom. The fourth-order valence-electron chi connectivity index (χ4n) is 3.02. The monoisotopic (exact) mass is 393 g/mol. The van der Waals surface area contributed by atoms with Crippen molar-refractivity contribution in [2.45, 2.75) is 6.54 Å². The molecule has 3 aromatic rings. The Hall–Kier alpha value is -3.81. The van der Waals surface area contributed by atoms with Crippen LogP contribution in [0.2, 0.25) is 0 Å². The molecule has 0 saturated carbocycles. The number of hydrogen-bond donors (Lipinski definition) is 1. The third-order valence-electron chi connectivity index (χ3n) is 4.37. The Bertz CT molecular complexity index is 1110. The van der Waals surface area contributed by atoms with Gasteiger partial charge in [-0.2, -0.15) is 5.10 Å². The Kier molecular flexibility index (Phi) is 5.15. The summed E-state index contributed by atoms with van der Waals surface area (Å²) < 4.78 is 17.4. The lowest BCUT2D eigenvalue weighted by molar-refractivity contribution is -0.117. The number of ether oxygens (including phenoxy) is 3. The molecule has 1 N–H and O–H groups in total. The summed E-state index contributed by atoms with van der Waals surface area (Å²) in [6.07, 6.45) is 0. The number of carbonyl (C=O) groups excluding carboxylic acids is 1. The molecular weight excluding hydrogens is 374 g/mol. The number of fused-ring (bicyclic) bond motifs is 1. The van der Waals surface area contributed by atoms with Crippen LogP contribution in [0.4, 0.5) is 5.69 Å². The number of aromatic nitrogens is 2. The molecule has 0 spiro atoms. The maximum atomic E-state index is 12.5. The van der Waals surface area contributed by atoms with E-state index in [9.17, 15) is 9.59 Å². The first-order chi connectivity index (χ1) is 14.1. The summed E-state index contributed by atoms with van der Waals surface area (Å²) in [5, 5.41) is 7.07. The van der Waals surface area contributed by atoms with E-state index in [2.05, 4.69) is 10.4 Å². The topological polar surface area (TPSA) is 91.7 Å². The first kappa shape index (κ1) is 18.5. The van der Waals surface area contributed by atoms with Crippen molar-refractivity contribution in [3.8, 4) is 28.5 Å². The summed E-state index contributed by atoms with van der Waals surface area (Å²) in [7, 11) is 1.57. The van der Waals surface area contributed by atoms with Gasteiger partial charge in [-0.05, 0) is 30.3 Å². The van der Waals surface area contributed by atoms with Gasteiger partial charge in [0.1, 0.15) is 25.5 Å². The highest BCUT2D eigenvalue weighted by molar-refractivity contribution is 5.90. The van der Waals surface area contributed by atoms with Gasteiger partial charge < -0.3 is 19.5 Å². The fourth-order valence-corrected chi connectivity index (χ4v) is 3.02. The van der Waals surface area contributed by atoms with E-state index in [-0.39, 0.29) is 18.0 Å². The summed E-state index contributed by atoms with van der Waals surface area (Å²) in [4.78, 5) is 24.7. The Morgan fingerprint density at radius 1 is 1.10 bits per heavy atom. The molecular formula is C21H19N3O5. The number of methoxy groups -OCH3 is 1. The molecule has 0 bridgehead atoms. The number of hydrogen-bond acceptors (Lipinski definition) is 6. The van der Waals surface area contributed by atoms with Crippen molar-refractivity contribution < 1.29 is 19.0 Å². The number of carbonyl (C=O) groups is 1. The quantitative estimate of drug-likeness (QED) is 0.715. The average Bonchev–Trinajstić information content (AvgIpc) is 2.75. The van der Waals surface area contributed by atoms with Gasteiger partial charge in [0.05, 0.1) is 12.8 Å². The highest BCUT2D eigenvalue weighted by atomic mass is 16.6. The van der Waals surface area contributed by atoms with E-state index in [1.165, 1.54) is 6.07 Å². The second-order valence-corrected chi connectivity index (χ2v) is 6.32. The van der Waals surface area contributed by atoms with Crippen molar-refractivity contribution in [1.82, 2.24) is 9.78 Å². The third kappa shape index (κ3) is 4.06. The maximum absolute atomic E-state index is 12.5. The van der Waals surface area contributed by atoms with Crippen LogP contribution in [-0.4, -0.2) is 36.0 Å². The molecule has 0 unspecified atom stereocenters. The van der Waals surface area contributed by atoms with E-state index in [4.69, 9.17) is 14.2 Å². The molecule has 0 saturated heterocycles. The van der Waals surface area contributed by atoms with Crippen molar-refractivity contribution in [2.24, 2.45) is 0 Å². The van der Waals surface area contributed by atoms with Gasteiger partial charge in [-0.3, -0.25) is 9.59 Å². The number of amides is 1. The van der Waals surface area contributed by atoms with Gasteiger partial charge in [0, 0.05) is 23.4 Å². The highest BCUT2D eigenvalue weighted by Crippen LogP contribution is 2.32. The van der Waals surface area contributed by atoms with Gasteiger partial charge in [0.15, 0.2) is 11.5 Å². The second-order valence-electron chi connectivity index (χ2n) is 6.32. The lowest BCUT2D eigenvalue weighted by Gasteiger charge is -2.19. The molecule has 0 atom stereocenters. The Morgan fingerprint density at radius 2 is 1.90 bits per heavy atom. The molecule has 8 heteroatoms. The highest BCUT2D eigenvalue weighted by Gasteiger charge is 2.14. The Labute approximate surface area is 166 Å². The fraction of sp³-hybridized carbons (Fsp3) is 0.190. The van der Waals surface area contributed by atoms with Crippen LogP contribution in [0, 0.1) is 0 Å². The molecule has 4 rings (SSSR count). The van der Waals surface area contributed by atoms with Gasteiger partial charge in [0.25, 0.3) is 5.56 Å². The molecule has 0 aliphatic carbocycles. The van der Waals surface area contributed by atoms with E-state index < -0.39 is 0 Å². The molecule has 148 valence electrons. The summed E-state index contributed by atoms with van der Waals surface area (Å²) in [6, 6.07) is 15.5. The van der Waals surface area contributed by atoms with Gasteiger partial charge in [-0.25, -0.2) is 4.68 Å². The van der Waals surface area contributed by atoms with E-state index in [0.717, 1.165) is 10.2 Å². The minimum atomic E-state index is -0.381. The van der Waals surface area contributed by atoms with Crippen LogP contribution in [0.15, 0.2) is 59.4 Å². The molecule has 1 aliphatic rings. The first-order valence-electron chi connectivity index (χ1n) is 9.05. The minimum absolute atomic E-state index is 0.226. The smallest absolute Gasteiger partial charge is 0.267 e. The van der Waals surface area contributed by atoms with E-state index in [1.54, 1.807) is 37.4 Å². The van der Waals surface area contributed by atoms with E-state index in [0.29, 0.717) is 41.8 Å². The van der Waals surface area contributed by atoms with Crippen LogP contribution in [0.25, 0.3) is 11.3 Å². The van der Waals surface area contributed by atoms with Gasteiger partial charge in [-0.15, -0.1) is 0 Å². The van der Waals surface area contributed by atoms with Crippen molar-refractivity contribution in [3.63, 3.8) is 0 Å². The molecule has 1 aliphatic heterocycles. The van der Waals surface area contributed by atoms with Crippen molar-refractivity contribution in [2.75, 3.05) is 25.6 Å². The van der Waals surface area contributed by atoms with Crippen LogP contribution < -0.4 is 25.1 Å². The van der Waals surface area contributed by atoms with E-state index >= 15 is 0 Å². The number of nitrogens with zero attached hydrogens (tertiary/aromatic N) is 2. The van der Waals surface area contributed by atoms with Crippen LogP contribution in [-0.2, 0) is 11.3 Å². The number of benzene rings is 2. The van der Waals surface area contributed by atoms with Gasteiger partial charge >= 0.3 is 0 Å². The molecule has 8 nitrogen and oxygen atoms in total. The second kappa shape index (κ2) is 8.05. The number of anilines is 1. The Balaban J connectivity index is 1.53. The van der Waals surface area contributed by atoms with Crippen LogP contribution in [0.1, 0.15) is 0 Å². The van der Waals surface area contributed by atoms with Crippen LogP contribution >= 0.6 is 0 Å². The zero-order chi connectivity index (χ0) is 20.2. The van der Waals surface area contributed by atoms with Gasteiger partial charge in [0.2, 0.25) is 5.91 Å². The van der Waals surface area contributed by atoms with E-state index in [1.807, 2.05) is 18.2 Å². The van der Waals surface area contributed by atoms with Crippen LogP contribution in [0.3, 0.4) is 0 Å². The zero-order valence-electron chi connectivity index (χ0n) is 15.8. The first-order valence-corrected chi connectivity index (χ1v) is 9.05. The molecule has 29 heavy (non-hydrogen) atoms. The summed E-state index contributed by atoms with van der Waals surface area (Å²) in [6.45, 7) is 0.728. The predicted molar refractivity (Wildman–Crippen MR) is 107 cm³/mol. The van der Waals surface area contributed by atoms with Crippen molar-refractivity contribution in [3.05, 3.63) is 65.0 Å². The summed E-state index contributed by atoms with van der Waals surface area (Å²) >= 11 is 0. The average molecular weight is 393 g/mol. The zero-order valence-corrected chi connectivity index (χ0v) is 15.8. The summed E-state index contributed by atoms with van der Waals surface area (Å²) in [5.41, 5.74) is 1.44. The number of nitrogens with one attached hydrogen (secondary N) is 1. The summed E-state index contributed by atoms with van der Waals surface area (Å²) in [5.74, 6) is 1.46. The van der Waals surface area contributed by atoms with Gasteiger partial charge in [-0.1, -0.05) is 12.1 Å². The van der Waals surface area contributed by atoms with Crippen molar-refractivity contribution >= 4 is 11.6 Å². The third-order valence-corrected chi connectivity index (χ3v) is 4.37. The lowest BCUT2D eigenvalue weighted by atomic mass is 10.1. The largest absolute Gasteiger partial charge is 0.496 e. The normalized spacial score (nSPS) is 12.3. The molecule has 1 aromatic heterocycles.